The maximum atomic E-state index is 12.9. The van der Waals surface area contributed by atoms with Crippen LogP contribution in [-0.2, 0) is 19.1 Å². The van der Waals surface area contributed by atoms with Crippen LogP contribution in [0.15, 0.2) is 12.1 Å². The average Bonchev–Trinajstić information content (AvgIpc) is 2.95. The minimum atomic E-state index is -1.20. The van der Waals surface area contributed by atoms with Crippen LogP contribution in [0.1, 0.15) is 26.7 Å². The molecule has 0 saturated heterocycles. The second kappa shape index (κ2) is 4.91. The minimum absolute atomic E-state index is 0.129. The van der Waals surface area contributed by atoms with E-state index in [1.165, 1.54) is 0 Å². The van der Waals surface area contributed by atoms with Gasteiger partial charge in [-0.2, -0.15) is 4.39 Å². The molecule has 4 nitrogen and oxygen atoms in total. The van der Waals surface area contributed by atoms with Crippen molar-refractivity contribution in [1.29, 1.82) is 0 Å². The predicted octanol–water partition coefficient (Wildman–Crippen LogP) is 1.70. The van der Waals surface area contributed by atoms with Gasteiger partial charge in [0.1, 0.15) is 6.26 Å². The Labute approximate surface area is 87.0 Å². The van der Waals surface area contributed by atoms with Crippen LogP contribution < -0.4 is 0 Å². The van der Waals surface area contributed by atoms with E-state index in [2.05, 4.69) is 9.47 Å². The second-order valence-corrected chi connectivity index (χ2v) is 3.63. The van der Waals surface area contributed by atoms with Gasteiger partial charge >= 0.3 is 11.9 Å². The van der Waals surface area contributed by atoms with Gasteiger partial charge in [-0.05, 0) is 26.7 Å². The normalized spacial score (nSPS) is 16.4. The molecule has 0 aromatic heterocycles. The van der Waals surface area contributed by atoms with Crippen LogP contribution in [0, 0.1) is 5.92 Å². The zero-order valence-electron chi connectivity index (χ0n) is 8.66. The maximum absolute atomic E-state index is 12.9. The van der Waals surface area contributed by atoms with Gasteiger partial charge in [0.2, 0.25) is 5.83 Å². The Kier molecular flexibility index (Phi) is 3.82. The summed E-state index contributed by atoms with van der Waals surface area (Å²) in [5.74, 6) is -2.94. The van der Waals surface area contributed by atoms with Crippen molar-refractivity contribution >= 4 is 11.9 Å². The van der Waals surface area contributed by atoms with Crippen molar-refractivity contribution in [2.24, 2.45) is 5.92 Å². The Balaban J connectivity index is 2.36. The lowest BCUT2D eigenvalue weighted by Gasteiger charge is -2.05. The molecule has 1 aliphatic rings. The lowest BCUT2D eigenvalue weighted by atomic mass is 10.4. The molecule has 1 rings (SSSR count). The molecule has 1 fully saturated rings. The largest absolute Gasteiger partial charge is 0.458 e. The lowest BCUT2D eigenvalue weighted by Crippen LogP contribution is -2.12. The number of ether oxygens (including phenoxy) is 2. The molecule has 0 atom stereocenters. The zero-order valence-corrected chi connectivity index (χ0v) is 8.66. The summed E-state index contributed by atoms with van der Waals surface area (Å²) in [5.41, 5.74) is 0. The molecule has 84 valence electrons. The van der Waals surface area contributed by atoms with Crippen molar-refractivity contribution in [1.82, 2.24) is 0 Å². The Morgan fingerprint density at radius 1 is 1.40 bits per heavy atom. The number of halogens is 1. The lowest BCUT2D eigenvalue weighted by molar-refractivity contribution is -0.145. The summed E-state index contributed by atoms with van der Waals surface area (Å²) in [5, 5.41) is 0. The Morgan fingerprint density at radius 2 is 2.00 bits per heavy atom. The smallest absolute Gasteiger partial charge is 0.370 e. The molecule has 1 aliphatic carbocycles. The second-order valence-electron chi connectivity index (χ2n) is 3.63. The van der Waals surface area contributed by atoms with Crippen LogP contribution >= 0.6 is 0 Å². The van der Waals surface area contributed by atoms with Crippen LogP contribution in [-0.4, -0.2) is 18.0 Å². The molecule has 0 unspecified atom stereocenters. The van der Waals surface area contributed by atoms with Gasteiger partial charge in [0, 0.05) is 0 Å². The fourth-order valence-electron chi connectivity index (χ4n) is 0.844. The molecule has 15 heavy (non-hydrogen) atoms. The van der Waals surface area contributed by atoms with Crippen LogP contribution in [0.4, 0.5) is 4.39 Å². The van der Waals surface area contributed by atoms with Gasteiger partial charge in [0.15, 0.2) is 0 Å². The van der Waals surface area contributed by atoms with Crippen LogP contribution in [0.5, 0.6) is 0 Å². The van der Waals surface area contributed by atoms with Gasteiger partial charge in [-0.25, -0.2) is 4.79 Å². The van der Waals surface area contributed by atoms with E-state index in [-0.39, 0.29) is 5.92 Å². The van der Waals surface area contributed by atoms with E-state index in [1.807, 2.05) is 0 Å². The van der Waals surface area contributed by atoms with Crippen molar-refractivity contribution in [2.75, 3.05) is 0 Å². The van der Waals surface area contributed by atoms with Gasteiger partial charge in [0.05, 0.1) is 12.0 Å². The summed E-state index contributed by atoms with van der Waals surface area (Å²) in [7, 11) is 0. The van der Waals surface area contributed by atoms with Gasteiger partial charge in [-0.15, -0.1) is 0 Å². The monoisotopic (exact) mass is 216 g/mol. The first kappa shape index (κ1) is 11.7. The third kappa shape index (κ3) is 4.10. The molecule has 0 heterocycles. The molecule has 0 N–H and O–H groups in total. The van der Waals surface area contributed by atoms with Crippen molar-refractivity contribution in [3.63, 3.8) is 0 Å². The first-order chi connectivity index (χ1) is 7.00. The first-order valence-electron chi connectivity index (χ1n) is 4.78. The molecule has 0 spiro atoms. The standard InChI is InChI=1S/C10H13FO4/c1-6(2)15-10(13)8(11)5-14-9(12)7-3-4-7/h5-7H,3-4H2,1-2H3. The fourth-order valence-corrected chi connectivity index (χ4v) is 0.844. The number of carbonyl (C=O) groups excluding carboxylic acids is 2. The Bertz CT molecular complexity index is 292. The zero-order chi connectivity index (χ0) is 11.4. The van der Waals surface area contributed by atoms with Gasteiger partial charge < -0.3 is 9.47 Å². The van der Waals surface area contributed by atoms with Crippen molar-refractivity contribution in [3.05, 3.63) is 12.1 Å². The van der Waals surface area contributed by atoms with Gasteiger partial charge in [0.25, 0.3) is 0 Å². The van der Waals surface area contributed by atoms with E-state index in [0.29, 0.717) is 6.26 Å². The van der Waals surface area contributed by atoms with Gasteiger partial charge in [-0.1, -0.05) is 0 Å². The maximum Gasteiger partial charge on any atom is 0.370 e. The summed E-state index contributed by atoms with van der Waals surface area (Å²) >= 11 is 0. The van der Waals surface area contributed by atoms with Crippen molar-refractivity contribution < 1.29 is 23.5 Å². The van der Waals surface area contributed by atoms with E-state index < -0.39 is 23.9 Å². The molecule has 0 radical (unpaired) electrons. The molecule has 0 bridgehead atoms. The van der Waals surface area contributed by atoms with E-state index in [1.54, 1.807) is 13.8 Å². The quantitative estimate of drug-likeness (QED) is 0.407. The SMILES string of the molecule is CC(C)OC(=O)C(F)=COC(=O)C1CC1. The molecular weight excluding hydrogens is 203 g/mol. The molecule has 0 aliphatic heterocycles. The number of carbonyl (C=O) groups is 2. The third-order valence-electron chi connectivity index (χ3n) is 1.73. The highest BCUT2D eigenvalue weighted by Crippen LogP contribution is 2.30. The van der Waals surface area contributed by atoms with Gasteiger partial charge in [-0.3, -0.25) is 4.79 Å². The summed E-state index contributed by atoms with van der Waals surface area (Å²) < 4.78 is 21.9. The highest BCUT2D eigenvalue weighted by Gasteiger charge is 2.31. The van der Waals surface area contributed by atoms with Crippen LogP contribution in [0.3, 0.4) is 0 Å². The number of rotatable bonds is 4. The van der Waals surface area contributed by atoms with E-state index in [9.17, 15) is 14.0 Å². The minimum Gasteiger partial charge on any atom is -0.458 e. The summed E-state index contributed by atoms with van der Waals surface area (Å²) in [6.07, 6.45) is 1.64. The molecule has 5 heteroatoms. The van der Waals surface area contributed by atoms with E-state index in [4.69, 9.17) is 0 Å². The Hall–Kier alpha value is -1.39. The number of hydrogen-bond acceptors (Lipinski definition) is 4. The molecule has 0 amide bonds. The number of esters is 2. The fraction of sp³-hybridized carbons (Fsp3) is 0.600. The van der Waals surface area contributed by atoms with Crippen LogP contribution in [0.2, 0.25) is 0 Å². The highest BCUT2D eigenvalue weighted by molar-refractivity contribution is 5.86. The van der Waals surface area contributed by atoms with E-state index in [0.717, 1.165) is 12.8 Å². The first-order valence-corrected chi connectivity index (χ1v) is 4.78. The highest BCUT2D eigenvalue weighted by atomic mass is 19.1. The molecule has 0 aromatic rings. The van der Waals surface area contributed by atoms with E-state index >= 15 is 0 Å². The molecular formula is C10H13FO4. The summed E-state index contributed by atoms with van der Waals surface area (Å²) in [6, 6.07) is 0. The summed E-state index contributed by atoms with van der Waals surface area (Å²) in [4.78, 5) is 21.9. The Morgan fingerprint density at radius 3 is 2.47 bits per heavy atom. The molecule has 0 aromatic carbocycles. The van der Waals surface area contributed by atoms with Crippen molar-refractivity contribution in [2.45, 2.75) is 32.8 Å². The van der Waals surface area contributed by atoms with Crippen molar-refractivity contribution in [3.8, 4) is 0 Å². The summed E-state index contributed by atoms with van der Waals surface area (Å²) in [6.45, 7) is 3.20. The predicted molar refractivity (Wildman–Crippen MR) is 49.2 cm³/mol. The topological polar surface area (TPSA) is 52.6 Å². The number of hydrogen-bond donors (Lipinski definition) is 0. The molecule has 1 saturated carbocycles. The van der Waals surface area contributed by atoms with Crippen LogP contribution in [0.25, 0.3) is 0 Å². The average molecular weight is 216 g/mol. The third-order valence-corrected chi connectivity index (χ3v) is 1.73.